The van der Waals surface area contributed by atoms with E-state index in [4.69, 9.17) is 16.9 Å². The smallest absolute Gasteiger partial charge is 0.155 e. The minimum Gasteiger partial charge on any atom is -0.228 e. The zero-order valence-corrected chi connectivity index (χ0v) is 7.61. The third kappa shape index (κ3) is 1.23. The fourth-order valence-electron chi connectivity index (χ4n) is 1.10. The first-order valence-electron chi connectivity index (χ1n) is 3.24. The molecule has 0 aromatic rings. The van der Waals surface area contributed by atoms with Gasteiger partial charge in [0.25, 0.3) is 0 Å². The van der Waals surface area contributed by atoms with E-state index >= 15 is 0 Å². The van der Waals surface area contributed by atoms with Crippen molar-refractivity contribution in [2.75, 3.05) is 5.75 Å². The maximum Gasteiger partial charge on any atom is 0.155 e. The summed E-state index contributed by atoms with van der Waals surface area (Å²) in [7, 11) is -3.10. The van der Waals surface area contributed by atoms with Gasteiger partial charge in [-0.1, -0.05) is 0 Å². The highest BCUT2D eigenvalue weighted by Crippen LogP contribution is 2.35. The highest BCUT2D eigenvalue weighted by atomic mass is 35.5. The summed E-state index contributed by atoms with van der Waals surface area (Å²) in [6.45, 7) is 1.48. The molecule has 0 N–H and O–H groups in total. The number of nitriles is 1. The quantitative estimate of drug-likeness (QED) is 0.532. The maximum atomic E-state index is 11.1. The molecule has 11 heavy (non-hydrogen) atoms. The minimum absolute atomic E-state index is 0.0330. The van der Waals surface area contributed by atoms with Crippen molar-refractivity contribution < 1.29 is 8.42 Å². The number of hydrogen-bond donors (Lipinski definition) is 0. The third-order valence-electron chi connectivity index (χ3n) is 2.12. The molecule has 5 heteroatoms. The van der Waals surface area contributed by atoms with Crippen LogP contribution >= 0.6 is 11.6 Å². The number of sulfone groups is 1. The number of alkyl halides is 1. The first kappa shape index (κ1) is 8.82. The van der Waals surface area contributed by atoms with E-state index in [1.54, 1.807) is 0 Å². The molecule has 0 aromatic heterocycles. The Kier molecular flexibility index (Phi) is 1.89. The van der Waals surface area contributed by atoms with Gasteiger partial charge in [0, 0.05) is 0 Å². The van der Waals surface area contributed by atoms with Gasteiger partial charge < -0.3 is 0 Å². The lowest BCUT2D eigenvalue weighted by Crippen LogP contribution is -2.30. The molecule has 1 heterocycles. The van der Waals surface area contributed by atoms with Crippen LogP contribution in [0, 0.1) is 11.3 Å². The Balaban J connectivity index is 3.08. The maximum absolute atomic E-state index is 11.1. The Morgan fingerprint density at radius 2 is 2.27 bits per heavy atom. The average molecular weight is 194 g/mol. The van der Waals surface area contributed by atoms with E-state index in [-0.39, 0.29) is 12.2 Å². The Bertz CT molecular complexity index is 305. The van der Waals surface area contributed by atoms with Crippen molar-refractivity contribution in [1.82, 2.24) is 0 Å². The van der Waals surface area contributed by atoms with Crippen molar-refractivity contribution >= 4 is 21.4 Å². The van der Waals surface area contributed by atoms with Gasteiger partial charge in [0.05, 0.1) is 17.1 Å². The molecule has 2 atom stereocenters. The fourth-order valence-corrected chi connectivity index (χ4v) is 3.42. The second-order valence-corrected chi connectivity index (χ2v) is 5.85. The molecule has 1 aliphatic heterocycles. The van der Waals surface area contributed by atoms with Gasteiger partial charge in [-0.25, -0.2) is 8.42 Å². The number of halogens is 1. The van der Waals surface area contributed by atoms with Crippen LogP contribution in [0.3, 0.4) is 0 Å². The van der Waals surface area contributed by atoms with E-state index in [0.717, 1.165) is 0 Å². The van der Waals surface area contributed by atoms with Crippen molar-refractivity contribution in [2.24, 2.45) is 0 Å². The Morgan fingerprint density at radius 3 is 2.45 bits per heavy atom. The van der Waals surface area contributed by atoms with E-state index in [1.165, 1.54) is 6.92 Å². The van der Waals surface area contributed by atoms with E-state index in [0.29, 0.717) is 0 Å². The van der Waals surface area contributed by atoms with Crippen LogP contribution in [-0.2, 0) is 9.84 Å². The fraction of sp³-hybridized carbons (Fsp3) is 0.833. The SMILES string of the molecule is CC1C(Cl)(C#N)CCS1(=O)=O. The molecule has 0 spiro atoms. The predicted octanol–water partition coefficient (Wildman–Crippen LogP) is 0.695. The topological polar surface area (TPSA) is 57.9 Å². The zero-order chi connectivity index (χ0) is 8.70. The van der Waals surface area contributed by atoms with E-state index in [2.05, 4.69) is 0 Å². The van der Waals surface area contributed by atoms with Gasteiger partial charge in [-0.05, 0) is 13.3 Å². The van der Waals surface area contributed by atoms with Crippen LogP contribution in [0.1, 0.15) is 13.3 Å². The normalized spacial score (nSPS) is 41.7. The molecule has 0 aliphatic carbocycles. The van der Waals surface area contributed by atoms with Crippen LogP contribution < -0.4 is 0 Å². The molecule has 3 nitrogen and oxygen atoms in total. The lowest BCUT2D eigenvalue weighted by molar-refractivity contribution is 0.589. The summed E-state index contributed by atoms with van der Waals surface area (Å²) in [6, 6.07) is 1.83. The van der Waals surface area contributed by atoms with Gasteiger partial charge in [0.1, 0.15) is 4.87 Å². The standard InChI is InChI=1S/C6H8ClNO2S/c1-5-6(7,4-8)2-3-11(5,9)10/h5H,2-3H2,1H3. The van der Waals surface area contributed by atoms with E-state index in [9.17, 15) is 8.42 Å². The largest absolute Gasteiger partial charge is 0.228 e. The first-order valence-corrected chi connectivity index (χ1v) is 5.33. The highest BCUT2D eigenvalue weighted by molar-refractivity contribution is 7.92. The molecular formula is C6H8ClNO2S. The van der Waals surface area contributed by atoms with E-state index < -0.39 is 20.0 Å². The molecular weight excluding hydrogens is 186 g/mol. The monoisotopic (exact) mass is 193 g/mol. The van der Waals surface area contributed by atoms with Gasteiger partial charge in [0.2, 0.25) is 0 Å². The van der Waals surface area contributed by atoms with Crippen LogP contribution in [-0.4, -0.2) is 24.3 Å². The summed E-state index contributed by atoms with van der Waals surface area (Å²) in [6.07, 6.45) is 0.245. The summed E-state index contributed by atoms with van der Waals surface area (Å²) in [4.78, 5) is -1.18. The lowest BCUT2D eigenvalue weighted by Gasteiger charge is -2.14. The summed E-state index contributed by atoms with van der Waals surface area (Å²) >= 11 is 5.75. The Labute approximate surface area is 70.9 Å². The average Bonchev–Trinajstić information content (AvgIpc) is 2.16. The molecule has 62 valence electrons. The van der Waals surface area contributed by atoms with Gasteiger partial charge >= 0.3 is 0 Å². The Morgan fingerprint density at radius 1 is 1.73 bits per heavy atom. The van der Waals surface area contributed by atoms with Gasteiger partial charge in [-0.2, -0.15) is 5.26 Å². The minimum atomic E-state index is -3.10. The summed E-state index contributed by atoms with van der Waals surface area (Å²) in [5.41, 5.74) is 0. The zero-order valence-electron chi connectivity index (χ0n) is 6.04. The summed E-state index contributed by atoms with van der Waals surface area (Å²) < 4.78 is 22.2. The van der Waals surface area contributed by atoms with Crippen molar-refractivity contribution in [3.63, 3.8) is 0 Å². The summed E-state index contributed by atoms with van der Waals surface area (Å²) in [5.74, 6) is 0.0330. The van der Waals surface area contributed by atoms with Crippen LogP contribution in [0.2, 0.25) is 0 Å². The molecule has 1 fully saturated rings. The predicted molar refractivity (Wildman–Crippen MR) is 42.1 cm³/mol. The van der Waals surface area contributed by atoms with Crippen LogP contribution in [0.15, 0.2) is 0 Å². The molecule has 0 aromatic carbocycles. The van der Waals surface area contributed by atoms with Crippen LogP contribution in [0.4, 0.5) is 0 Å². The molecule has 0 amide bonds. The molecule has 1 saturated heterocycles. The first-order chi connectivity index (χ1) is 4.92. The second-order valence-electron chi connectivity index (χ2n) is 2.73. The van der Waals surface area contributed by atoms with Gasteiger partial charge in [-0.3, -0.25) is 0 Å². The molecule has 0 saturated carbocycles. The summed E-state index contributed by atoms with van der Waals surface area (Å²) in [5, 5.41) is 7.85. The third-order valence-corrected chi connectivity index (χ3v) is 5.10. The molecule has 1 rings (SSSR count). The number of hydrogen-bond acceptors (Lipinski definition) is 3. The molecule has 2 unspecified atom stereocenters. The van der Waals surface area contributed by atoms with Crippen LogP contribution in [0.25, 0.3) is 0 Å². The van der Waals surface area contributed by atoms with Crippen LogP contribution in [0.5, 0.6) is 0 Å². The molecule has 0 bridgehead atoms. The lowest BCUT2D eigenvalue weighted by atomic mass is 10.1. The van der Waals surface area contributed by atoms with E-state index in [1.807, 2.05) is 6.07 Å². The van der Waals surface area contributed by atoms with Gasteiger partial charge in [0.15, 0.2) is 9.84 Å². The number of rotatable bonds is 0. The van der Waals surface area contributed by atoms with Crippen molar-refractivity contribution in [2.45, 2.75) is 23.5 Å². The Hall–Kier alpha value is -0.270. The van der Waals surface area contributed by atoms with Crippen molar-refractivity contribution in [3.8, 4) is 6.07 Å². The molecule has 1 aliphatic rings. The van der Waals surface area contributed by atoms with Crippen molar-refractivity contribution in [1.29, 1.82) is 5.26 Å². The number of nitrogens with zero attached hydrogens (tertiary/aromatic N) is 1. The molecule has 0 radical (unpaired) electrons. The highest BCUT2D eigenvalue weighted by Gasteiger charge is 2.48. The second kappa shape index (κ2) is 2.36. The van der Waals surface area contributed by atoms with Gasteiger partial charge in [-0.15, -0.1) is 11.6 Å². The van der Waals surface area contributed by atoms with Crippen molar-refractivity contribution in [3.05, 3.63) is 0 Å².